The number of rotatable bonds is 4. The molecule has 0 aliphatic heterocycles. The van der Waals surface area contributed by atoms with Crippen LogP contribution in [0.15, 0.2) is 50.1 Å². The highest BCUT2D eigenvalue weighted by molar-refractivity contribution is 9.11. The van der Waals surface area contributed by atoms with Crippen LogP contribution >= 0.6 is 31.9 Å². The van der Waals surface area contributed by atoms with Gasteiger partial charge in [-0.15, -0.1) is 0 Å². The van der Waals surface area contributed by atoms with Gasteiger partial charge in [-0.25, -0.2) is 4.79 Å². The Morgan fingerprint density at radius 1 is 1.16 bits per heavy atom. The van der Waals surface area contributed by atoms with Crippen LogP contribution < -0.4 is 15.7 Å². The highest BCUT2D eigenvalue weighted by Crippen LogP contribution is 2.33. The van der Waals surface area contributed by atoms with Gasteiger partial charge in [0, 0.05) is 21.8 Å². The average Bonchev–Trinajstić information content (AvgIpc) is 2.91. The Bertz CT molecular complexity index is 1040. The van der Waals surface area contributed by atoms with Crippen molar-refractivity contribution in [2.45, 2.75) is 0 Å². The molecule has 0 aliphatic carbocycles. The zero-order valence-electron chi connectivity index (χ0n) is 13.0. The third-order valence-corrected chi connectivity index (χ3v) is 4.49. The largest absolute Gasteiger partial charge is 0.495 e. The first-order chi connectivity index (χ1) is 12.0. The molecule has 0 saturated heterocycles. The number of anilines is 1. The highest BCUT2D eigenvalue weighted by Gasteiger charge is 2.08. The second-order valence-corrected chi connectivity index (χ2v) is 6.94. The van der Waals surface area contributed by atoms with Crippen molar-refractivity contribution < 1.29 is 9.53 Å². The lowest BCUT2D eigenvalue weighted by molar-refractivity contribution is -0.111. The Labute approximate surface area is 159 Å². The Morgan fingerprint density at radius 2 is 1.92 bits per heavy atom. The van der Waals surface area contributed by atoms with E-state index in [1.807, 2.05) is 12.1 Å². The monoisotopic (exact) mass is 465 g/mol. The zero-order chi connectivity index (χ0) is 18.0. The van der Waals surface area contributed by atoms with E-state index in [-0.39, 0.29) is 11.6 Å². The minimum absolute atomic E-state index is 0.286. The molecular weight excluding hydrogens is 454 g/mol. The number of hydrogen-bond acceptors (Lipinski definition) is 3. The number of fused-ring (bicyclic) bond motifs is 1. The normalized spacial score (nSPS) is 11.2. The summed E-state index contributed by atoms with van der Waals surface area (Å²) in [6, 6.07) is 8.84. The lowest BCUT2D eigenvalue weighted by Crippen LogP contribution is -2.07. The number of imidazole rings is 1. The quantitative estimate of drug-likeness (QED) is 0.507. The van der Waals surface area contributed by atoms with Gasteiger partial charge in [0.25, 0.3) is 0 Å². The number of carbonyl (C=O) groups excluding carboxylic acids is 1. The lowest BCUT2D eigenvalue weighted by Gasteiger charge is -2.08. The fourth-order valence-corrected chi connectivity index (χ4v) is 3.80. The predicted octanol–water partition coefficient (Wildman–Crippen LogP) is 4.04. The van der Waals surface area contributed by atoms with Gasteiger partial charge < -0.3 is 20.0 Å². The van der Waals surface area contributed by atoms with Gasteiger partial charge >= 0.3 is 5.69 Å². The number of benzene rings is 2. The molecule has 0 atom stereocenters. The first-order valence-electron chi connectivity index (χ1n) is 7.20. The van der Waals surface area contributed by atoms with Gasteiger partial charge in [-0.1, -0.05) is 15.9 Å². The number of halogens is 2. The Kier molecular flexibility index (Phi) is 5.10. The standard InChI is InChI=1S/C17H13Br2N3O3/c1-25-16-9(6-10(18)7-12(16)19)2-5-15(23)20-11-3-4-13-14(8-11)22-17(24)21-13/h2-8H,1H3,(H,20,23)(H2,21,22,24)/b5-2+. The van der Waals surface area contributed by atoms with Crippen LogP contribution in [-0.4, -0.2) is 23.0 Å². The molecular formula is C17H13Br2N3O3. The number of carbonyl (C=O) groups is 1. The van der Waals surface area contributed by atoms with Crippen molar-refractivity contribution in [2.75, 3.05) is 12.4 Å². The van der Waals surface area contributed by atoms with Crippen molar-refractivity contribution in [3.8, 4) is 5.75 Å². The van der Waals surface area contributed by atoms with E-state index < -0.39 is 0 Å². The molecule has 8 heteroatoms. The predicted molar refractivity (Wildman–Crippen MR) is 105 cm³/mol. The summed E-state index contributed by atoms with van der Waals surface area (Å²) >= 11 is 6.83. The summed E-state index contributed by atoms with van der Waals surface area (Å²) in [6.07, 6.45) is 3.08. The third kappa shape index (κ3) is 4.02. The van der Waals surface area contributed by atoms with E-state index in [2.05, 4.69) is 47.1 Å². The van der Waals surface area contributed by atoms with E-state index in [1.54, 1.807) is 31.4 Å². The van der Waals surface area contributed by atoms with E-state index in [4.69, 9.17) is 4.74 Å². The summed E-state index contributed by atoms with van der Waals surface area (Å²) in [5, 5.41) is 2.75. The van der Waals surface area contributed by atoms with E-state index in [9.17, 15) is 9.59 Å². The molecule has 0 bridgehead atoms. The number of amides is 1. The van der Waals surface area contributed by atoms with E-state index >= 15 is 0 Å². The molecule has 0 spiro atoms. The van der Waals surface area contributed by atoms with Gasteiger partial charge in [-0.05, 0) is 52.3 Å². The molecule has 1 heterocycles. The maximum absolute atomic E-state index is 12.2. The van der Waals surface area contributed by atoms with E-state index in [1.165, 1.54) is 6.08 Å². The number of aromatic amines is 2. The van der Waals surface area contributed by atoms with Crippen LogP contribution in [0.25, 0.3) is 17.1 Å². The van der Waals surface area contributed by atoms with Gasteiger partial charge in [0.2, 0.25) is 5.91 Å². The summed E-state index contributed by atoms with van der Waals surface area (Å²) < 4.78 is 6.99. The first kappa shape index (κ1) is 17.5. The van der Waals surface area contributed by atoms with Crippen molar-refractivity contribution in [3.05, 3.63) is 61.4 Å². The Morgan fingerprint density at radius 3 is 2.68 bits per heavy atom. The van der Waals surface area contributed by atoms with E-state index in [0.29, 0.717) is 22.5 Å². The third-order valence-electron chi connectivity index (χ3n) is 3.44. The van der Waals surface area contributed by atoms with Crippen LogP contribution in [0.1, 0.15) is 5.56 Å². The van der Waals surface area contributed by atoms with Gasteiger partial charge in [-0.3, -0.25) is 4.79 Å². The second-order valence-electron chi connectivity index (χ2n) is 5.17. The summed E-state index contributed by atoms with van der Waals surface area (Å²) in [6.45, 7) is 0. The number of H-pyrrole nitrogens is 2. The lowest BCUT2D eigenvalue weighted by atomic mass is 10.2. The van der Waals surface area contributed by atoms with Crippen molar-refractivity contribution in [2.24, 2.45) is 0 Å². The number of methoxy groups -OCH3 is 1. The van der Waals surface area contributed by atoms with Gasteiger partial charge in [0.1, 0.15) is 5.75 Å². The number of hydrogen-bond donors (Lipinski definition) is 3. The molecule has 1 aromatic heterocycles. The summed E-state index contributed by atoms with van der Waals surface area (Å²) in [5.41, 5.74) is 2.36. The number of ether oxygens (including phenoxy) is 1. The maximum atomic E-state index is 12.2. The topological polar surface area (TPSA) is 87.0 Å². The van der Waals surface area contributed by atoms with Crippen molar-refractivity contribution in [1.29, 1.82) is 0 Å². The molecule has 3 aromatic rings. The molecule has 0 unspecified atom stereocenters. The minimum Gasteiger partial charge on any atom is -0.495 e. The minimum atomic E-state index is -0.296. The molecule has 1 amide bonds. The van der Waals surface area contributed by atoms with Crippen LogP contribution in [0.5, 0.6) is 5.75 Å². The van der Waals surface area contributed by atoms with Gasteiger partial charge in [0.05, 0.1) is 22.6 Å². The molecule has 128 valence electrons. The molecule has 3 N–H and O–H groups in total. The fraction of sp³-hybridized carbons (Fsp3) is 0.0588. The molecule has 0 aliphatic rings. The SMILES string of the molecule is COc1c(Br)cc(Br)cc1/C=C/C(=O)Nc1ccc2[nH]c(=O)[nH]c2c1. The Hall–Kier alpha value is -2.32. The molecule has 25 heavy (non-hydrogen) atoms. The van der Waals surface area contributed by atoms with Gasteiger partial charge in [-0.2, -0.15) is 0 Å². The van der Waals surface area contributed by atoms with Crippen LogP contribution in [0, 0.1) is 0 Å². The molecule has 6 nitrogen and oxygen atoms in total. The van der Waals surface area contributed by atoms with Crippen LogP contribution in [0.3, 0.4) is 0 Å². The van der Waals surface area contributed by atoms with Crippen LogP contribution in [0.2, 0.25) is 0 Å². The summed E-state index contributed by atoms with van der Waals surface area (Å²) in [7, 11) is 1.57. The molecule has 0 radical (unpaired) electrons. The molecule has 3 rings (SSSR count). The summed E-state index contributed by atoms with van der Waals surface area (Å²) in [5.74, 6) is 0.342. The molecule has 0 saturated carbocycles. The number of nitrogens with one attached hydrogen (secondary N) is 3. The van der Waals surface area contributed by atoms with Crippen molar-refractivity contribution >= 4 is 60.6 Å². The second kappa shape index (κ2) is 7.28. The smallest absolute Gasteiger partial charge is 0.323 e. The average molecular weight is 467 g/mol. The first-order valence-corrected chi connectivity index (χ1v) is 8.79. The summed E-state index contributed by atoms with van der Waals surface area (Å²) in [4.78, 5) is 28.7. The van der Waals surface area contributed by atoms with E-state index in [0.717, 1.165) is 14.5 Å². The maximum Gasteiger partial charge on any atom is 0.323 e. The van der Waals surface area contributed by atoms with Crippen LogP contribution in [-0.2, 0) is 4.79 Å². The van der Waals surface area contributed by atoms with Gasteiger partial charge in [0.15, 0.2) is 0 Å². The highest BCUT2D eigenvalue weighted by atomic mass is 79.9. The zero-order valence-corrected chi connectivity index (χ0v) is 16.2. The van der Waals surface area contributed by atoms with Crippen molar-refractivity contribution in [3.63, 3.8) is 0 Å². The molecule has 0 fully saturated rings. The van der Waals surface area contributed by atoms with Crippen molar-refractivity contribution in [1.82, 2.24) is 9.97 Å². The Balaban J connectivity index is 1.79. The van der Waals surface area contributed by atoms with Crippen LogP contribution in [0.4, 0.5) is 5.69 Å². The molecule has 2 aromatic carbocycles. The number of aromatic nitrogens is 2. The fourth-order valence-electron chi connectivity index (χ4n) is 2.38.